The molecular formula is C19H32N4O3. The van der Waals surface area contributed by atoms with Crippen LogP contribution >= 0.6 is 0 Å². The van der Waals surface area contributed by atoms with Crippen LogP contribution in [0.1, 0.15) is 51.9 Å². The van der Waals surface area contributed by atoms with Crippen LogP contribution in [0, 0.1) is 19.8 Å². The van der Waals surface area contributed by atoms with Crippen molar-refractivity contribution in [3.63, 3.8) is 0 Å². The molecule has 0 aromatic carbocycles. The van der Waals surface area contributed by atoms with Gasteiger partial charge in [-0.05, 0) is 59.4 Å². The summed E-state index contributed by atoms with van der Waals surface area (Å²) in [6, 6.07) is 1.61. The normalized spacial score (nSPS) is 18.7. The van der Waals surface area contributed by atoms with Crippen LogP contribution in [0.25, 0.3) is 0 Å². The number of nitrogens with zero attached hydrogens (tertiary/aromatic N) is 3. The molecule has 7 nitrogen and oxygen atoms in total. The molecule has 0 saturated carbocycles. The van der Waals surface area contributed by atoms with Crippen LogP contribution in [0.3, 0.4) is 0 Å². The minimum absolute atomic E-state index is 0.103. The van der Waals surface area contributed by atoms with Crippen molar-refractivity contribution in [1.29, 1.82) is 0 Å². The lowest BCUT2D eigenvalue weighted by Gasteiger charge is -2.28. The van der Waals surface area contributed by atoms with E-state index in [0.29, 0.717) is 19.5 Å². The van der Waals surface area contributed by atoms with Gasteiger partial charge in [0.25, 0.3) is 0 Å². The number of carbonyl (C=O) groups is 2. The molecule has 146 valence electrons. The van der Waals surface area contributed by atoms with E-state index in [1.807, 2.05) is 45.4 Å². The van der Waals surface area contributed by atoms with Gasteiger partial charge >= 0.3 is 6.09 Å². The largest absolute Gasteiger partial charge is 0.444 e. The molecule has 1 aromatic rings. The van der Waals surface area contributed by atoms with E-state index in [1.54, 1.807) is 4.90 Å². The SMILES string of the molecule is Cc1cc(C)n(C[C@H](C)CNC(=O)[C@@H]2CCCN2C(=O)OC(C)(C)C)n1. The maximum atomic E-state index is 12.6. The summed E-state index contributed by atoms with van der Waals surface area (Å²) >= 11 is 0. The molecule has 1 aliphatic heterocycles. The second-order valence-corrected chi connectivity index (χ2v) is 8.29. The number of likely N-dealkylation sites (tertiary alicyclic amines) is 1. The van der Waals surface area contributed by atoms with Gasteiger partial charge in [-0.25, -0.2) is 4.79 Å². The summed E-state index contributed by atoms with van der Waals surface area (Å²) in [5.41, 5.74) is 1.56. The Morgan fingerprint density at radius 3 is 2.65 bits per heavy atom. The molecule has 26 heavy (non-hydrogen) atoms. The molecule has 1 saturated heterocycles. The van der Waals surface area contributed by atoms with Crippen LogP contribution in [0.2, 0.25) is 0 Å². The van der Waals surface area contributed by atoms with Crippen molar-refractivity contribution in [2.75, 3.05) is 13.1 Å². The second-order valence-electron chi connectivity index (χ2n) is 8.29. The number of hydrogen-bond donors (Lipinski definition) is 1. The maximum absolute atomic E-state index is 12.6. The standard InChI is InChI=1S/C19H32N4O3/c1-13(12-23-15(3)10-14(2)21-23)11-20-17(24)16-8-7-9-22(16)18(25)26-19(4,5)6/h10,13,16H,7-9,11-12H2,1-6H3,(H,20,24)/t13-,16+/m1/s1. The third-order valence-corrected chi connectivity index (χ3v) is 4.40. The fraction of sp³-hybridized carbons (Fsp3) is 0.737. The minimum Gasteiger partial charge on any atom is -0.444 e. The molecule has 1 N–H and O–H groups in total. The molecule has 0 bridgehead atoms. The predicted molar refractivity (Wildman–Crippen MR) is 99.8 cm³/mol. The van der Waals surface area contributed by atoms with E-state index in [4.69, 9.17) is 4.74 Å². The van der Waals surface area contributed by atoms with Crippen LogP contribution in [-0.2, 0) is 16.1 Å². The first-order valence-electron chi connectivity index (χ1n) is 9.35. The van der Waals surface area contributed by atoms with E-state index in [2.05, 4.69) is 17.3 Å². The Morgan fingerprint density at radius 2 is 2.08 bits per heavy atom. The zero-order chi connectivity index (χ0) is 19.5. The molecule has 7 heteroatoms. The van der Waals surface area contributed by atoms with Crippen LogP contribution in [0.5, 0.6) is 0 Å². The van der Waals surface area contributed by atoms with Gasteiger partial charge in [-0.15, -0.1) is 0 Å². The Hall–Kier alpha value is -2.05. The average molecular weight is 364 g/mol. The van der Waals surface area contributed by atoms with E-state index >= 15 is 0 Å². The topological polar surface area (TPSA) is 76.5 Å². The Bertz CT molecular complexity index is 648. The summed E-state index contributed by atoms with van der Waals surface area (Å²) in [5, 5.41) is 7.45. The smallest absolute Gasteiger partial charge is 0.410 e. The molecule has 1 fully saturated rings. The fourth-order valence-electron chi connectivity index (χ4n) is 3.19. The second kappa shape index (κ2) is 8.10. The Labute approximate surface area is 156 Å². The lowest BCUT2D eigenvalue weighted by Crippen LogP contribution is -2.48. The number of aryl methyl sites for hydroxylation is 2. The van der Waals surface area contributed by atoms with Crippen LogP contribution in [0.15, 0.2) is 6.07 Å². The zero-order valence-corrected chi connectivity index (χ0v) is 16.8. The van der Waals surface area contributed by atoms with E-state index in [1.165, 1.54) is 0 Å². The van der Waals surface area contributed by atoms with Gasteiger partial charge in [0.1, 0.15) is 11.6 Å². The van der Waals surface area contributed by atoms with Crippen molar-refractivity contribution < 1.29 is 14.3 Å². The van der Waals surface area contributed by atoms with Crippen LogP contribution in [-0.4, -0.2) is 51.4 Å². The molecule has 2 atom stereocenters. The summed E-state index contributed by atoms with van der Waals surface area (Å²) < 4.78 is 7.38. The van der Waals surface area contributed by atoms with Gasteiger partial charge in [-0.2, -0.15) is 5.10 Å². The highest BCUT2D eigenvalue weighted by atomic mass is 16.6. The number of hydrogen-bond acceptors (Lipinski definition) is 4. The highest BCUT2D eigenvalue weighted by Gasteiger charge is 2.36. The summed E-state index contributed by atoms with van der Waals surface area (Å²) in [5.74, 6) is 0.141. The van der Waals surface area contributed by atoms with Gasteiger partial charge in [-0.1, -0.05) is 6.92 Å². The minimum atomic E-state index is -0.561. The lowest BCUT2D eigenvalue weighted by atomic mass is 10.1. The van der Waals surface area contributed by atoms with Crippen molar-refractivity contribution in [3.05, 3.63) is 17.5 Å². The van der Waals surface area contributed by atoms with E-state index in [-0.39, 0.29) is 11.8 Å². The van der Waals surface area contributed by atoms with Gasteiger partial charge in [-0.3, -0.25) is 14.4 Å². The molecule has 1 aromatic heterocycles. The number of amides is 2. The third-order valence-electron chi connectivity index (χ3n) is 4.40. The molecule has 1 aliphatic rings. The lowest BCUT2D eigenvalue weighted by molar-refractivity contribution is -0.125. The van der Waals surface area contributed by atoms with Crippen molar-refractivity contribution in [2.45, 2.75) is 72.6 Å². The quantitative estimate of drug-likeness (QED) is 0.871. The molecule has 2 heterocycles. The molecule has 0 unspecified atom stereocenters. The molecule has 2 rings (SSSR count). The summed E-state index contributed by atoms with van der Waals surface area (Å²) in [4.78, 5) is 26.4. The average Bonchev–Trinajstić information content (AvgIpc) is 3.10. The molecule has 0 aliphatic carbocycles. The monoisotopic (exact) mass is 364 g/mol. The number of nitrogens with one attached hydrogen (secondary N) is 1. The number of carbonyl (C=O) groups excluding carboxylic acids is 2. The first-order valence-corrected chi connectivity index (χ1v) is 9.35. The summed E-state index contributed by atoms with van der Waals surface area (Å²) in [6.07, 6.45) is 1.08. The van der Waals surface area contributed by atoms with Crippen LogP contribution in [0.4, 0.5) is 4.79 Å². The van der Waals surface area contributed by atoms with Crippen molar-refractivity contribution in [3.8, 4) is 0 Å². The maximum Gasteiger partial charge on any atom is 0.410 e. The Kier molecular flexibility index (Phi) is 6.31. The number of rotatable bonds is 5. The molecule has 0 spiro atoms. The Morgan fingerprint density at radius 1 is 1.38 bits per heavy atom. The van der Waals surface area contributed by atoms with Crippen molar-refractivity contribution in [2.24, 2.45) is 5.92 Å². The first kappa shape index (κ1) is 20.3. The van der Waals surface area contributed by atoms with E-state index in [9.17, 15) is 9.59 Å². The van der Waals surface area contributed by atoms with E-state index in [0.717, 1.165) is 24.4 Å². The zero-order valence-electron chi connectivity index (χ0n) is 16.8. The van der Waals surface area contributed by atoms with Crippen molar-refractivity contribution >= 4 is 12.0 Å². The fourth-order valence-corrected chi connectivity index (χ4v) is 3.19. The molecule has 0 radical (unpaired) electrons. The summed E-state index contributed by atoms with van der Waals surface area (Å²) in [6.45, 7) is 13.4. The van der Waals surface area contributed by atoms with Gasteiger partial charge < -0.3 is 10.1 Å². The number of aromatic nitrogens is 2. The number of ether oxygens (including phenoxy) is 1. The molecular weight excluding hydrogens is 332 g/mol. The molecule has 2 amide bonds. The van der Waals surface area contributed by atoms with Crippen LogP contribution < -0.4 is 5.32 Å². The highest BCUT2D eigenvalue weighted by Crippen LogP contribution is 2.21. The Balaban J connectivity index is 1.86. The third kappa shape index (κ3) is 5.47. The summed E-state index contributed by atoms with van der Waals surface area (Å²) in [7, 11) is 0. The van der Waals surface area contributed by atoms with Gasteiger partial charge in [0.15, 0.2) is 0 Å². The van der Waals surface area contributed by atoms with Gasteiger partial charge in [0.2, 0.25) is 5.91 Å². The highest BCUT2D eigenvalue weighted by molar-refractivity contribution is 5.86. The van der Waals surface area contributed by atoms with Gasteiger partial charge in [0, 0.05) is 25.3 Å². The predicted octanol–water partition coefficient (Wildman–Crippen LogP) is 2.65. The first-order chi connectivity index (χ1) is 12.1. The van der Waals surface area contributed by atoms with E-state index < -0.39 is 17.7 Å². The van der Waals surface area contributed by atoms with Crippen molar-refractivity contribution in [1.82, 2.24) is 20.0 Å². The van der Waals surface area contributed by atoms with Gasteiger partial charge in [0.05, 0.1) is 5.69 Å².